The van der Waals surface area contributed by atoms with E-state index in [1.165, 1.54) is 6.92 Å². The van der Waals surface area contributed by atoms with E-state index in [9.17, 15) is 13.2 Å². The van der Waals surface area contributed by atoms with Crippen LogP contribution in [0, 0.1) is 13.8 Å². The molecule has 1 atom stereocenters. The van der Waals surface area contributed by atoms with Crippen molar-refractivity contribution in [3.8, 4) is 0 Å². The summed E-state index contributed by atoms with van der Waals surface area (Å²) in [7, 11) is -3.82. The number of benzene rings is 1. The molecule has 1 aromatic carbocycles. The van der Waals surface area contributed by atoms with Crippen molar-refractivity contribution >= 4 is 32.4 Å². The Balaban J connectivity index is 2.25. The van der Waals surface area contributed by atoms with Gasteiger partial charge in [0.05, 0.1) is 0 Å². The fourth-order valence-corrected chi connectivity index (χ4v) is 4.60. The summed E-state index contributed by atoms with van der Waals surface area (Å²) in [4.78, 5) is 11.0. The standard InChI is InChI=1S/C15H20N4O3S2/c1-5-13(12-7-6-9(2)8-10(12)3)19-24(21,22)15-18-17-14(23-15)16-11(4)20/h6-8,13,19H,5H2,1-4H3,(H,16,17,20)/t13-/m0/s1. The first kappa shape index (κ1) is 18.5. The second kappa shape index (κ2) is 7.37. The molecule has 0 aliphatic rings. The lowest BCUT2D eigenvalue weighted by Crippen LogP contribution is -2.28. The number of sulfonamides is 1. The first-order chi connectivity index (χ1) is 11.2. The summed E-state index contributed by atoms with van der Waals surface area (Å²) in [5.41, 5.74) is 3.08. The topological polar surface area (TPSA) is 101 Å². The molecule has 24 heavy (non-hydrogen) atoms. The molecule has 2 N–H and O–H groups in total. The second-order valence-electron chi connectivity index (χ2n) is 5.50. The van der Waals surface area contributed by atoms with Crippen molar-refractivity contribution in [2.75, 3.05) is 5.32 Å². The number of hydrogen-bond donors (Lipinski definition) is 2. The van der Waals surface area contributed by atoms with E-state index < -0.39 is 10.0 Å². The van der Waals surface area contributed by atoms with Crippen LogP contribution in [0.1, 0.15) is 43.0 Å². The summed E-state index contributed by atoms with van der Waals surface area (Å²) < 4.78 is 27.6. The van der Waals surface area contributed by atoms with Gasteiger partial charge in [0.15, 0.2) is 0 Å². The molecule has 130 valence electrons. The number of aromatic nitrogens is 2. The molecule has 2 rings (SSSR count). The van der Waals surface area contributed by atoms with Crippen LogP contribution in [0.5, 0.6) is 0 Å². The third-order valence-electron chi connectivity index (χ3n) is 3.43. The van der Waals surface area contributed by atoms with Gasteiger partial charge >= 0.3 is 0 Å². The predicted molar refractivity (Wildman–Crippen MR) is 93.5 cm³/mol. The van der Waals surface area contributed by atoms with Gasteiger partial charge in [-0.2, -0.15) is 0 Å². The molecule has 0 radical (unpaired) electrons. The number of nitrogens with one attached hydrogen (secondary N) is 2. The lowest BCUT2D eigenvalue weighted by molar-refractivity contribution is -0.114. The molecule has 0 bridgehead atoms. The Labute approximate surface area is 145 Å². The highest BCUT2D eigenvalue weighted by Gasteiger charge is 2.25. The van der Waals surface area contributed by atoms with Gasteiger partial charge in [0.1, 0.15) is 0 Å². The second-order valence-corrected chi connectivity index (χ2v) is 8.36. The van der Waals surface area contributed by atoms with E-state index in [1.807, 2.05) is 39.0 Å². The van der Waals surface area contributed by atoms with E-state index in [2.05, 4.69) is 20.2 Å². The average molecular weight is 368 g/mol. The Morgan fingerprint density at radius 3 is 2.58 bits per heavy atom. The largest absolute Gasteiger partial charge is 0.301 e. The Morgan fingerprint density at radius 1 is 1.29 bits per heavy atom. The normalized spacial score (nSPS) is 12.8. The molecule has 0 fully saturated rings. The number of anilines is 1. The molecular formula is C15H20N4O3S2. The number of aryl methyl sites for hydroxylation is 2. The highest BCUT2D eigenvalue weighted by atomic mass is 32.2. The molecular weight excluding hydrogens is 348 g/mol. The van der Waals surface area contributed by atoms with E-state index in [1.54, 1.807) is 0 Å². The third kappa shape index (κ3) is 4.37. The van der Waals surface area contributed by atoms with Crippen molar-refractivity contribution in [1.82, 2.24) is 14.9 Å². The minimum Gasteiger partial charge on any atom is -0.301 e. The minimum absolute atomic E-state index is 0.155. The summed E-state index contributed by atoms with van der Waals surface area (Å²) in [6.07, 6.45) is 0.598. The maximum Gasteiger partial charge on any atom is 0.270 e. The van der Waals surface area contributed by atoms with Crippen LogP contribution in [-0.2, 0) is 14.8 Å². The molecule has 1 heterocycles. The number of amides is 1. The van der Waals surface area contributed by atoms with E-state index in [4.69, 9.17) is 0 Å². The molecule has 0 aliphatic heterocycles. The summed E-state index contributed by atoms with van der Waals surface area (Å²) in [6.45, 7) is 7.18. The van der Waals surface area contributed by atoms with Crippen LogP contribution >= 0.6 is 11.3 Å². The zero-order valence-electron chi connectivity index (χ0n) is 14.0. The first-order valence-electron chi connectivity index (χ1n) is 7.43. The molecule has 0 unspecified atom stereocenters. The Bertz CT molecular complexity index is 846. The van der Waals surface area contributed by atoms with Gasteiger partial charge in [-0.05, 0) is 31.4 Å². The van der Waals surface area contributed by atoms with E-state index >= 15 is 0 Å². The van der Waals surface area contributed by atoms with Gasteiger partial charge in [0, 0.05) is 13.0 Å². The van der Waals surface area contributed by atoms with Crippen LogP contribution in [0.15, 0.2) is 22.5 Å². The molecule has 1 amide bonds. The molecule has 0 saturated heterocycles. The summed E-state index contributed by atoms with van der Waals surface area (Å²) in [5, 5.41) is 9.92. The van der Waals surface area contributed by atoms with E-state index in [-0.39, 0.29) is 21.4 Å². The van der Waals surface area contributed by atoms with Gasteiger partial charge in [-0.1, -0.05) is 42.0 Å². The van der Waals surface area contributed by atoms with Crippen LogP contribution in [0.4, 0.5) is 5.13 Å². The van der Waals surface area contributed by atoms with Crippen molar-refractivity contribution in [2.45, 2.75) is 44.5 Å². The van der Waals surface area contributed by atoms with Gasteiger partial charge in [0.25, 0.3) is 10.0 Å². The summed E-state index contributed by atoms with van der Waals surface area (Å²) in [5.74, 6) is -0.329. The van der Waals surface area contributed by atoms with Crippen LogP contribution < -0.4 is 10.0 Å². The highest BCUT2D eigenvalue weighted by Crippen LogP contribution is 2.26. The lowest BCUT2D eigenvalue weighted by Gasteiger charge is -2.19. The van der Waals surface area contributed by atoms with Crippen LogP contribution in [0.2, 0.25) is 0 Å². The van der Waals surface area contributed by atoms with Crippen LogP contribution in [0.3, 0.4) is 0 Å². The monoisotopic (exact) mass is 368 g/mol. The molecule has 2 aromatic rings. The van der Waals surface area contributed by atoms with Gasteiger partial charge in [-0.15, -0.1) is 10.2 Å². The average Bonchev–Trinajstić information content (AvgIpc) is 2.94. The summed E-state index contributed by atoms with van der Waals surface area (Å²) >= 11 is 0.818. The quantitative estimate of drug-likeness (QED) is 0.763. The van der Waals surface area contributed by atoms with Gasteiger partial charge in [-0.25, -0.2) is 13.1 Å². The molecule has 0 saturated carbocycles. The van der Waals surface area contributed by atoms with Gasteiger partial charge in [-0.3, -0.25) is 4.79 Å². The first-order valence-corrected chi connectivity index (χ1v) is 9.73. The van der Waals surface area contributed by atoms with Crippen molar-refractivity contribution in [3.63, 3.8) is 0 Å². The fraction of sp³-hybridized carbons (Fsp3) is 0.400. The Kier molecular flexibility index (Phi) is 5.68. The van der Waals surface area contributed by atoms with Crippen LogP contribution in [-0.4, -0.2) is 24.5 Å². The Hall–Kier alpha value is -1.84. The van der Waals surface area contributed by atoms with Gasteiger partial charge < -0.3 is 5.32 Å². The number of carbonyl (C=O) groups is 1. The van der Waals surface area contributed by atoms with Gasteiger partial charge in [0.2, 0.25) is 15.4 Å². The highest BCUT2D eigenvalue weighted by molar-refractivity contribution is 7.91. The molecule has 7 nitrogen and oxygen atoms in total. The maximum atomic E-state index is 12.5. The zero-order chi connectivity index (χ0) is 17.9. The molecule has 0 aliphatic carbocycles. The minimum atomic E-state index is -3.82. The number of rotatable bonds is 6. The number of hydrogen-bond acceptors (Lipinski definition) is 6. The van der Waals surface area contributed by atoms with Crippen molar-refractivity contribution < 1.29 is 13.2 Å². The number of nitrogens with zero attached hydrogens (tertiary/aromatic N) is 2. The third-order valence-corrected chi connectivity index (χ3v) is 6.10. The smallest absolute Gasteiger partial charge is 0.270 e. The van der Waals surface area contributed by atoms with Crippen molar-refractivity contribution in [2.24, 2.45) is 0 Å². The predicted octanol–water partition coefficient (Wildman–Crippen LogP) is 2.54. The van der Waals surface area contributed by atoms with E-state index in [0.717, 1.165) is 28.0 Å². The molecule has 0 spiro atoms. The summed E-state index contributed by atoms with van der Waals surface area (Å²) in [6, 6.07) is 5.55. The van der Waals surface area contributed by atoms with Crippen molar-refractivity contribution in [3.05, 3.63) is 34.9 Å². The number of carbonyl (C=O) groups excluding carboxylic acids is 1. The lowest BCUT2D eigenvalue weighted by atomic mass is 9.98. The van der Waals surface area contributed by atoms with Crippen LogP contribution in [0.25, 0.3) is 0 Å². The zero-order valence-corrected chi connectivity index (χ0v) is 15.6. The maximum absolute atomic E-state index is 12.5. The van der Waals surface area contributed by atoms with Crippen molar-refractivity contribution in [1.29, 1.82) is 0 Å². The van der Waals surface area contributed by atoms with E-state index in [0.29, 0.717) is 6.42 Å². The molecule has 1 aromatic heterocycles. The fourth-order valence-electron chi connectivity index (χ4n) is 2.34. The SMILES string of the molecule is CC[C@H](NS(=O)(=O)c1nnc(NC(C)=O)s1)c1ccc(C)cc1C. The Morgan fingerprint density at radius 2 is 2.00 bits per heavy atom. The molecule has 9 heteroatoms.